The highest BCUT2D eigenvalue weighted by Gasteiger charge is 2.18. The summed E-state index contributed by atoms with van der Waals surface area (Å²) in [6.07, 6.45) is 8.53. The highest BCUT2D eigenvalue weighted by atomic mass is 32.2. The van der Waals surface area contributed by atoms with Crippen molar-refractivity contribution >= 4 is 15.9 Å². The second kappa shape index (κ2) is 9.10. The summed E-state index contributed by atoms with van der Waals surface area (Å²) in [6.45, 7) is 0.714. The van der Waals surface area contributed by atoms with Crippen molar-refractivity contribution in [1.82, 2.24) is 9.62 Å². The van der Waals surface area contributed by atoms with Crippen LogP contribution in [-0.4, -0.2) is 44.5 Å². The Labute approximate surface area is 149 Å². The van der Waals surface area contributed by atoms with Gasteiger partial charge in [0.05, 0.1) is 11.8 Å². The summed E-state index contributed by atoms with van der Waals surface area (Å²) in [5.74, 6) is -1.13. The van der Waals surface area contributed by atoms with E-state index in [0.717, 1.165) is 19.3 Å². The van der Waals surface area contributed by atoms with Gasteiger partial charge in [0.15, 0.2) is 0 Å². The number of benzene rings is 1. The van der Waals surface area contributed by atoms with E-state index in [9.17, 15) is 17.6 Å². The first-order chi connectivity index (χ1) is 11.9. The van der Waals surface area contributed by atoms with Crippen LogP contribution in [-0.2, 0) is 10.0 Å². The second-order valence-corrected chi connectivity index (χ2v) is 8.24. The lowest BCUT2D eigenvalue weighted by Crippen LogP contribution is -2.38. The van der Waals surface area contributed by atoms with E-state index in [0.29, 0.717) is 13.0 Å². The molecule has 1 aromatic carbocycles. The quantitative estimate of drug-likeness (QED) is 0.718. The van der Waals surface area contributed by atoms with E-state index in [1.165, 1.54) is 40.8 Å². The fourth-order valence-electron chi connectivity index (χ4n) is 2.88. The van der Waals surface area contributed by atoms with Gasteiger partial charge in [0.1, 0.15) is 5.82 Å². The summed E-state index contributed by atoms with van der Waals surface area (Å²) in [5, 5.41) is 2.58. The lowest BCUT2D eigenvalue weighted by molar-refractivity contribution is 0.0947. The summed E-state index contributed by atoms with van der Waals surface area (Å²) in [6, 6.07) is 5.71. The average Bonchev–Trinajstić information content (AvgIpc) is 2.58. The van der Waals surface area contributed by atoms with Gasteiger partial charge in [-0.15, -0.1) is 0 Å². The van der Waals surface area contributed by atoms with E-state index in [4.69, 9.17) is 0 Å². The largest absolute Gasteiger partial charge is 0.351 e. The Morgan fingerprint density at radius 1 is 1.24 bits per heavy atom. The lowest BCUT2D eigenvalue weighted by atomic mass is 9.97. The van der Waals surface area contributed by atoms with E-state index >= 15 is 0 Å². The van der Waals surface area contributed by atoms with E-state index in [2.05, 4.69) is 11.4 Å². The summed E-state index contributed by atoms with van der Waals surface area (Å²) >= 11 is 0. The minimum Gasteiger partial charge on any atom is -0.351 e. The van der Waals surface area contributed by atoms with Gasteiger partial charge in [0, 0.05) is 19.6 Å². The molecule has 0 saturated carbocycles. The average molecular weight is 368 g/mol. The first kappa shape index (κ1) is 19.6. The molecule has 0 bridgehead atoms. The normalized spacial score (nSPS) is 15.1. The van der Waals surface area contributed by atoms with Crippen LogP contribution in [0.2, 0.25) is 0 Å². The van der Waals surface area contributed by atoms with E-state index in [1.54, 1.807) is 6.07 Å². The second-order valence-electron chi connectivity index (χ2n) is 6.26. The molecule has 2 rings (SSSR count). The van der Waals surface area contributed by atoms with Gasteiger partial charge in [-0.3, -0.25) is 4.79 Å². The molecular formula is C18H25FN2O3S. The summed E-state index contributed by atoms with van der Waals surface area (Å²) < 4.78 is 38.8. The molecule has 25 heavy (non-hydrogen) atoms. The minimum atomic E-state index is -3.36. The number of carbonyl (C=O) groups is 1. The molecule has 0 radical (unpaired) electrons. The van der Waals surface area contributed by atoms with Crippen molar-refractivity contribution < 1.29 is 17.6 Å². The van der Waals surface area contributed by atoms with Crippen LogP contribution in [0.15, 0.2) is 35.9 Å². The molecular weight excluding hydrogens is 343 g/mol. The van der Waals surface area contributed by atoms with Crippen molar-refractivity contribution in [2.24, 2.45) is 0 Å². The Morgan fingerprint density at radius 3 is 2.64 bits per heavy atom. The van der Waals surface area contributed by atoms with Gasteiger partial charge in [0.2, 0.25) is 10.0 Å². The van der Waals surface area contributed by atoms with Gasteiger partial charge < -0.3 is 5.32 Å². The van der Waals surface area contributed by atoms with Crippen LogP contribution in [0.3, 0.4) is 0 Å². The number of rotatable bonds is 8. The molecule has 0 aliphatic heterocycles. The van der Waals surface area contributed by atoms with Crippen LogP contribution in [0.4, 0.5) is 4.39 Å². The van der Waals surface area contributed by atoms with Crippen molar-refractivity contribution in [2.75, 3.05) is 25.9 Å². The number of hydrogen-bond donors (Lipinski definition) is 1. The van der Waals surface area contributed by atoms with Gasteiger partial charge in [-0.1, -0.05) is 23.8 Å². The highest BCUT2D eigenvalue weighted by Crippen LogP contribution is 2.20. The van der Waals surface area contributed by atoms with Crippen LogP contribution in [0.25, 0.3) is 0 Å². The molecule has 1 N–H and O–H groups in total. The first-order valence-corrected chi connectivity index (χ1v) is 10.4. The van der Waals surface area contributed by atoms with Gasteiger partial charge in [0.25, 0.3) is 5.91 Å². The van der Waals surface area contributed by atoms with Crippen LogP contribution in [0.5, 0.6) is 0 Å². The SMILES string of the molecule is CS(=O)(=O)N(CCNC(=O)c1ccccc1F)CCC1=CCCCC1. The zero-order chi connectivity index (χ0) is 18.3. The molecule has 0 heterocycles. The third-order valence-electron chi connectivity index (χ3n) is 4.30. The van der Waals surface area contributed by atoms with Crippen LogP contribution >= 0.6 is 0 Å². The fraction of sp³-hybridized carbons (Fsp3) is 0.500. The van der Waals surface area contributed by atoms with E-state index in [-0.39, 0.29) is 18.7 Å². The number of amides is 1. The summed E-state index contributed by atoms with van der Waals surface area (Å²) in [7, 11) is -3.36. The van der Waals surface area contributed by atoms with Crippen LogP contribution < -0.4 is 5.32 Å². The van der Waals surface area contributed by atoms with E-state index < -0.39 is 21.7 Å². The summed E-state index contributed by atoms with van der Waals surface area (Å²) in [4.78, 5) is 12.0. The lowest BCUT2D eigenvalue weighted by Gasteiger charge is -2.22. The third kappa shape index (κ3) is 6.25. The highest BCUT2D eigenvalue weighted by molar-refractivity contribution is 7.88. The standard InChI is InChI=1S/C18H25FN2O3S/c1-25(23,24)21(13-11-15-7-3-2-4-8-15)14-12-20-18(22)16-9-5-6-10-17(16)19/h5-7,9-10H,2-4,8,11-14H2,1H3,(H,20,22). The molecule has 0 atom stereocenters. The topological polar surface area (TPSA) is 66.5 Å². The molecule has 1 aliphatic carbocycles. The number of hydrogen-bond acceptors (Lipinski definition) is 3. The predicted octanol–water partition coefficient (Wildman–Crippen LogP) is 2.71. The van der Waals surface area contributed by atoms with Gasteiger partial charge >= 0.3 is 0 Å². The molecule has 1 amide bonds. The molecule has 1 aromatic rings. The third-order valence-corrected chi connectivity index (χ3v) is 5.60. The Morgan fingerprint density at radius 2 is 2.00 bits per heavy atom. The molecule has 0 fully saturated rings. The maximum atomic E-state index is 13.6. The molecule has 0 aromatic heterocycles. The number of nitrogens with one attached hydrogen (secondary N) is 1. The van der Waals surface area contributed by atoms with Gasteiger partial charge in [-0.05, 0) is 44.2 Å². The monoisotopic (exact) mass is 368 g/mol. The summed E-state index contributed by atoms with van der Waals surface area (Å²) in [5.41, 5.74) is 1.26. The van der Waals surface area contributed by atoms with Crippen molar-refractivity contribution in [1.29, 1.82) is 0 Å². The molecule has 5 nitrogen and oxygen atoms in total. The molecule has 0 saturated heterocycles. The number of allylic oxidation sites excluding steroid dienone is 1. The molecule has 138 valence electrons. The zero-order valence-electron chi connectivity index (χ0n) is 14.5. The first-order valence-electron chi connectivity index (χ1n) is 8.53. The Bertz CT molecular complexity index is 732. The van der Waals surface area contributed by atoms with Gasteiger partial charge in [-0.2, -0.15) is 0 Å². The molecule has 7 heteroatoms. The maximum Gasteiger partial charge on any atom is 0.254 e. The number of carbonyl (C=O) groups excluding carboxylic acids is 1. The van der Waals surface area contributed by atoms with Crippen molar-refractivity contribution in [3.05, 3.63) is 47.3 Å². The number of nitrogens with zero attached hydrogens (tertiary/aromatic N) is 1. The molecule has 0 unspecified atom stereocenters. The fourth-order valence-corrected chi connectivity index (χ4v) is 3.72. The zero-order valence-corrected chi connectivity index (χ0v) is 15.3. The van der Waals surface area contributed by atoms with Gasteiger partial charge in [-0.25, -0.2) is 17.1 Å². The maximum absolute atomic E-state index is 13.6. The Hall–Kier alpha value is -1.73. The van der Waals surface area contributed by atoms with Crippen LogP contribution in [0, 0.1) is 5.82 Å². The van der Waals surface area contributed by atoms with E-state index in [1.807, 2.05) is 0 Å². The molecule has 0 spiro atoms. The number of sulfonamides is 1. The number of halogens is 1. The minimum absolute atomic E-state index is 0.0410. The Balaban J connectivity index is 1.86. The molecule has 1 aliphatic rings. The predicted molar refractivity (Wildman–Crippen MR) is 96.3 cm³/mol. The van der Waals surface area contributed by atoms with Crippen molar-refractivity contribution in [2.45, 2.75) is 32.1 Å². The van der Waals surface area contributed by atoms with Crippen molar-refractivity contribution in [3.8, 4) is 0 Å². The van der Waals surface area contributed by atoms with Crippen molar-refractivity contribution in [3.63, 3.8) is 0 Å². The Kier molecular flexibility index (Phi) is 7.13. The van der Waals surface area contributed by atoms with Crippen LogP contribution in [0.1, 0.15) is 42.5 Å². The smallest absolute Gasteiger partial charge is 0.254 e.